The number of thiazole rings is 1. The fourth-order valence-corrected chi connectivity index (χ4v) is 3.71. The van der Waals surface area contributed by atoms with Crippen LogP contribution in [-0.4, -0.2) is 4.98 Å². The molecular formula is C11H13BrN2S2. The summed E-state index contributed by atoms with van der Waals surface area (Å²) in [5.41, 5.74) is 0. The lowest BCUT2D eigenvalue weighted by Gasteiger charge is -2.13. The van der Waals surface area contributed by atoms with Gasteiger partial charge in [0.1, 0.15) is 5.01 Å². The van der Waals surface area contributed by atoms with Gasteiger partial charge in [0.2, 0.25) is 0 Å². The Morgan fingerprint density at radius 1 is 1.50 bits per heavy atom. The number of nitrogens with one attached hydrogen (secondary N) is 1. The van der Waals surface area contributed by atoms with E-state index in [9.17, 15) is 0 Å². The van der Waals surface area contributed by atoms with Gasteiger partial charge in [-0.15, -0.1) is 22.7 Å². The van der Waals surface area contributed by atoms with Crippen LogP contribution in [0.1, 0.15) is 29.3 Å². The van der Waals surface area contributed by atoms with Crippen molar-refractivity contribution in [1.82, 2.24) is 10.3 Å². The van der Waals surface area contributed by atoms with Gasteiger partial charge in [-0.3, -0.25) is 0 Å². The molecule has 2 heterocycles. The van der Waals surface area contributed by atoms with Crippen molar-refractivity contribution >= 4 is 38.6 Å². The third kappa shape index (κ3) is 3.13. The predicted octanol–water partition coefficient (Wildman–Crippen LogP) is 4.21. The summed E-state index contributed by atoms with van der Waals surface area (Å²) in [7, 11) is 0. The molecule has 2 rings (SSSR count). The zero-order chi connectivity index (χ0) is 11.4. The van der Waals surface area contributed by atoms with Crippen LogP contribution in [0.15, 0.2) is 27.5 Å². The molecule has 2 nitrogen and oxygen atoms in total. The van der Waals surface area contributed by atoms with Crippen LogP contribution in [0.25, 0.3) is 0 Å². The lowest BCUT2D eigenvalue weighted by Crippen LogP contribution is -2.19. The van der Waals surface area contributed by atoms with Crippen molar-refractivity contribution < 1.29 is 0 Å². The molecule has 0 fully saturated rings. The Morgan fingerprint density at radius 3 is 2.94 bits per heavy atom. The molecule has 0 radical (unpaired) electrons. The first-order valence-electron chi connectivity index (χ1n) is 5.16. The Bertz CT molecular complexity index is 425. The van der Waals surface area contributed by atoms with E-state index in [2.05, 4.69) is 45.3 Å². The van der Waals surface area contributed by atoms with Gasteiger partial charge >= 0.3 is 0 Å². The Morgan fingerprint density at radius 2 is 2.38 bits per heavy atom. The number of rotatable bonds is 5. The van der Waals surface area contributed by atoms with Crippen molar-refractivity contribution in [2.45, 2.75) is 25.9 Å². The number of thiophene rings is 1. The van der Waals surface area contributed by atoms with E-state index in [0.717, 1.165) is 13.0 Å². The summed E-state index contributed by atoms with van der Waals surface area (Å²) in [5, 5.41) is 6.75. The second-order valence-corrected chi connectivity index (χ2v) is 6.89. The molecule has 0 saturated carbocycles. The number of halogens is 1. The highest BCUT2D eigenvalue weighted by Crippen LogP contribution is 2.24. The topological polar surface area (TPSA) is 24.9 Å². The molecule has 16 heavy (non-hydrogen) atoms. The highest BCUT2D eigenvalue weighted by atomic mass is 79.9. The average molecular weight is 317 g/mol. The van der Waals surface area contributed by atoms with Gasteiger partial charge in [0, 0.05) is 23.0 Å². The summed E-state index contributed by atoms with van der Waals surface area (Å²) >= 11 is 6.97. The minimum Gasteiger partial charge on any atom is -0.303 e. The number of hydrogen-bond acceptors (Lipinski definition) is 4. The van der Waals surface area contributed by atoms with Crippen LogP contribution in [0.2, 0.25) is 0 Å². The Hall–Kier alpha value is -0.230. The normalized spacial score (nSPS) is 12.9. The smallest absolute Gasteiger partial charge is 0.109 e. The largest absolute Gasteiger partial charge is 0.303 e. The highest BCUT2D eigenvalue weighted by Gasteiger charge is 2.11. The van der Waals surface area contributed by atoms with Gasteiger partial charge in [0.15, 0.2) is 0 Å². The molecule has 2 aromatic rings. The summed E-state index contributed by atoms with van der Waals surface area (Å²) in [5.74, 6) is 0. The maximum Gasteiger partial charge on any atom is 0.109 e. The van der Waals surface area contributed by atoms with Crippen molar-refractivity contribution in [2.75, 3.05) is 0 Å². The van der Waals surface area contributed by atoms with Crippen LogP contribution in [0, 0.1) is 0 Å². The first-order valence-corrected chi connectivity index (χ1v) is 7.65. The summed E-state index contributed by atoms with van der Waals surface area (Å²) in [6.45, 7) is 3.09. The van der Waals surface area contributed by atoms with Gasteiger partial charge in [-0.1, -0.05) is 6.92 Å². The molecule has 1 atom stereocenters. The van der Waals surface area contributed by atoms with Gasteiger partial charge in [-0.25, -0.2) is 4.98 Å². The fraction of sp³-hybridized carbons (Fsp3) is 0.364. The van der Waals surface area contributed by atoms with Crippen LogP contribution in [0.5, 0.6) is 0 Å². The van der Waals surface area contributed by atoms with E-state index in [1.165, 1.54) is 13.7 Å². The molecule has 0 aliphatic carbocycles. The zero-order valence-electron chi connectivity index (χ0n) is 8.94. The molecule has 1 N–H and O–H groups in total. The van der Waals surface area contributed by atoms with Gasteiger partial charge in [-0.2, -0.15) is 0 Å². The van der Waals surface area contributed by atoms with Gasteiger partial charge in [0.25, 0.3) is 0 Å². The second kappa shape index (κ2) is 5.91. The Balaban J connectivity index is 1.93. The number of aromatic nitrogens is 1. The van der Waals surface area contributed by atoms with Crippen LogP contribution in [0.4, 0.5) is 0 Å². The fourth-order valence-electron chi connectivity index (χ4n) is 1.48. The summed E-state index contributed by atoms with van der Waals surface area (Å²) in [4.78, 5) is 5.70. The molecule has 0 bridgehead atoms. The number of nitrogens with zero attached hydrogens (tertiary/aromatic N) is 1. The third-order valence-corrected chi connectivity index (χ3v) is 4.82. The van der Waals surface area contributed by atoms with Gasteiger partial charge in [0.05, 0.1) is 9.83 Å². The van der Waals surface area contributed by atoms with Crippen molar-refractivity contribution in [1.29, 1.82) is 0 Å². The van der Waals surface area contributed by atoms with Gasteiger partial charge < -0.3 is 5.32 Å². The van der Waals surface area contributed by atoms with Crippen LogP contribution in [-0.2, 0) is 6.54 Å². The van der Waals surface area contributed by atoms with E-state index in [-0.39, 0.29) is 0 Å². The molecule has 2 aromatic heterocycles. The minimum absolute atomic E-state index is 0.376. The van der Waals surface area contributed by atoms with Crippen LogP contribution >= 0.6 is 38.6 Å². The van der Waals surface area contributed by atoms with Crippen LogP contribution in [0.3, 0.4) is 0 Å². The molecule has 0 aliphatic rings. The molecule has 0 aliphatic heterocycles. The zero-order valence-corrected chi connectivity index (χ0v) is 12.2. The van der Waals surface area contributed by atoms with E-state index >= 15 is 0 Å². The van der Waals surface area contributed by atoms with E-state index in [1.807, 2.05) is 11.6 Å². The second-order valence-electron chi connectivity index (χ2n) is 3.42. The summed E-state index contributed by atoms with van der Waals surface area (Å²) < 4.78 is 1.19. The highest BCUT2D eigenvalue weighted by molar-refractivity contribution is 9.11. The van der Waals surface area contributed by atoms with Gasteiger partial charge in [-0.05, 0) is 34.5 Å². The standard InChI is InChI=1S/C11H13BrN2S2/c1-2-9(11-13-5-6-15-11)14-7-8-3-4-10(12)16-8/h3-6,9,14H,2,7H2,1H3. The lowest BCUT2D eigenvalue weighted by atomic mass is 10.2. The monoisotopic (exact) mass is 316 g/mol. The third-order valence-electron chi connectivity index (χ3n) is 2.31. The van der Waals surface area contributed by atoms with Crippen molar-refractivity contribution in [3.63, 3.8) is 0 Å². The summed E-state index contributed by atoms with van der Waals surface area (Å²) in [6, 6.07) is 4.61. The lowest BCUT2D eigenvalue weighted by molar-refractivity contribution is 0.519. The minimum atomic E-state index is 0.376. The van der Waals surface area contributed by atoms with Crippen LogP contribution < -0.4 is 5.32 Å². The quantitative estimate of drug-likeness (QED) is 0.893. The molecule has 0 aromatic carbocycles. The SMILES string of the molecule is CCC(NCc1ccc(Br)s1)c1nccs1. The first kappa shape index (κ1) is 12.2. The molecule has 86 valence electrons. The molecule has 1 unspecified atom stereocenters. The molecule has 0 amide bonds. The van der Waals surface area contributed by atoms with Crippen molar-refractivity contribution in [3.8, 4) is 0 Å². The average Bonchev–Trinajstić information content (AvgIpc) is 2.91. The first-order chi connectivity index (χ1) is 7.79. The molecule has 0 saturated heterocycles. The van der Waals surface area contributed by atoms with E-state index in [4.69, 9.17) is 0 Å². The molecular weight excluding hydrogens is 304 g/mol. The van der Waals surface area contributed by atoms with E-state index < -0.39 is 0 Å². The number of hydrogen-bond donors (Lipinski definition) is 1. The Kier molecular flexibility index (Phi) is 4.52. The molecule has 5 heteroatoms. The maximum absolute atomic E-state index is 4.36. The summed E-state index contributed by atoms with van der Waals surface area (Å²) in [6.07, 6.45) is 2.94. The van der Waals surface area contributed by atoms with E-state index in [0.29, 0.717) is 6.04 Å². The van der Waals surface area contributed by atoms with Crippen molar-refractivity contribution in [2.24, 2.45) is 0 Å². The Labute approximate surface area is 112 Å². The maximum atomic E-state index is 4.36. The molecule has 0 spiro atoms. The van der Waals surface area contributed by atoms with E-state index in [1.54, 1.807) is 22.7 Å². The predicted molar refractivity (Wildman–Crippen MR) is 74.0 cm³/mol. The van der Waals surface area contributed by atoms with Crippen molar-refractivity contribution in [3.05, 3.63) is 37.4 Å².